The van der Waals surface area contributed by atoms with Crippen LogP contribution in [0.4, 0.5) is 5.82 Å². The van der Waals surface area contributed by atoms with Crippen LogP contribution in [0.5, 0.6) is 0 Å². The summed E-state index contributed by atoms with van der Waals surface area (Å²) >= 11 is 0. The van der Waals surface area contributed by atoms with E-state index in [1.807, 2.05) is 48.6 Å². The molecule has 2 aromatic heterocycles. The summed E-state index contributed by atoms with van der Waals surface area (Å²) in [5, 5.41) is 4.10. The lowest BCUT2D eigenvalue weighted by Gasteiger charge is -2.38. The molecule has 1 aliphatic rings. The van der Waals surface area contributed by atoms with Crippen molar-refractivity contribution in [3.63, 3.8) is 0 Å². The van der Waals surface area contributed by atoms with Crippen LogP contribution in [-0.2, 0) is 11.3 Å². The fourth-order valence-electron chi connectivity index (χ4n) is 2.87. The van der Waals surface area contributed by atoms with Gasteiger partial charge in [-0.05, 0) is 31.0 Å². The smallest absolute Gasteiger partial charge is 0.244 e. The van der Waals surface area contributed by atoms with Gasteiger partial charge in [0.15, 0.2) is 0 Å². The van der Waals surface area contributed by atoms with Crippen LogP contribution in [0.2, 0.25) is 0 Å². The van der Waals surface area contributed by atoms with Crippen LogP contribution >= 0.6 is 0 Å². The zero-order valence-corrected chi connectivity index (χ0v) is 12.8. The van der Waals surface area contributed by atoms with Crippen molar-refractivity contribution in [2.45, 2.75) is 25.4 Å². The van der Waals surface area contributed by atoms with Gasteiger partial charge in [-0.1, -0.05) is 6.07 Å². The highest BCUT2D eigenvalue weighted by atomic mass is 16.2. The summed E-state index contributed by atoms with van der Waals surface area (Å²) in [5.74, 6) is 1.08. The normalized spacial score (nSPS) is 18.2. The third-order valence-electron chi connectivity index (χ3n) is 4.17. The number of carbonyl (C=O) groups excluding carboxylic acids is 1. The SMILES string of the molecule is CN(C(=O)Cn1cccn1)[C@H]1CCCN(c2ccccn2)C1. The summed E-state index contributed by atoms with van der Waals surface area (Å²) in [6.45, 7) is 2.12. The van der Waals surface area contributed by atoms with E-state index in [9.17, 15) is 4.79 Å². The molecule has 3 rings (SSSR count). The number of hydrogen-bond donors (Lipinski definition) is 0. The lowest BCUT2D eigenvalue weighted by atomic mass is 10.0. The van der Waals surface area contributed by atoms with Crippen LogP contribution in [0.1, 0.15) is 12.8 Å². The van der Waals surface area contributed by atoms with E-state index in [-0.39, 0.29) is 11.9 Å². The number of piperidine rings is 1. The first-order chi connectivity index (χ1) is 10.7. The predicted molar refractivity (Wildman–Crippen MR) is 84.5 cm³/mol. The molecule has 6 nitrogen and oxygen atoms in total. The first-order valence-corrected chi connectivity index (χ1v) is 7.63. The van der Waals surface area contributed by atoms with Crippen LogP contribution in [0, 0.1) is 0 Å². The molecule has 1 aliphatic heterocycles. The largest absolute Gasteiger partial charge is 0.355 e. The summed E-state index contributed by atoms with van der Waals surface area (Å²) in [7, 11) is 1.89. The van der Waals surface area contributed by atoms with Gasteiger partial charge in [-0.2, -0.15) is 5.10 Å². The zero-order valence-electron chi connectivity index (χ0n) is 12.8. The molecule has 116 valence electrons. The van der Waals surface area contributed by atoms with Crippen molar-refractivity contribution in [2.75, 3.05) is 25.0 Å². The number of aromatic nitrogens is 3. The Kier molecular flexibility index (Phi) is 4.37. The van der Waals surface area contributed by atoms with Crippen molar-refractivity contribution in [2.24, 2.45) is 0 Å². The molecule has 1 fully saturated rings. The van der Waals surface area contributed by atoms with E-state index >= 15 is 0 Å². The molecule has 0 aromatic carbocycles. The number of anilines is 1. The average molecular weight is 299 g/mol. The Bertz CT molecular complexity index is 598. The summed E-state index contributed by atoms with van der Waals surface area (Å²) in [4.78, 5) is 20.9. The summed E-state index contributed by atoms with van der Waals surface area (Å²) in [5.41, 5.74) is 0. The quantitative estimate of drug-likeness (QED) is 0.856. The van der Waals surface area contributed by atoms with Crippen molar-refractivity contribution < 1.29 is 4.79 Å². The third-order valence-corrected chi connectivity index (χ3v) is 4.17. The lowest BCUT2D eigenvalue weighted by Crippen LogP contribution is -2.49. The molecule has 0 saturated carbocycles. The predicted octanol–water partition coefficient (Wildman–Crippen LogP) is 1.41. The molecule has 6 heteroatoms. The van der Waals surface area contributed by atoms with Gasteiger partial charge in [0.05, 0.1) is 0 Å². The molecule has 0 radical (unpaired) electrons. The van der Waals surface area contributed by atoms with E-state index in [0.29, 0.717) is 6.54 Å². The Morgan fingerprint density at radius 2 is 2.27 bits per heavy atom. The van der Waals surface area contributed by atoms with E-state index in [4.69, 9.17) is 0 Å². The molecule has 2 aromatic rings. The van der Waals surface area contributed by atoms with Crippen LogP contribution in [0.3, 0.4) is 0 Å². The second-order valence-electron chi connectivity index (χ2n) is 5.64. The van der Waals surface area contributed by atoms with E-state index in [0.717, 1.165) is 31.7 Å². The number of hydrogen-bond acceptors (Lipinski definition) is 4. The fraction of sp³-hybridized carbons (Fsp3) is 0.438. The Morgan fingerprint density at radius 1 is 1.36 bits per heavy atom. The van der Waals surface area contributed by atoms with Crippen LogP contribution in [0.25, 0.3) is 0 Å². The number of amides is 1. The Morgan fingerprint density at radius 3 is 3.00 bits per heavy atom. The first-order valence-electron chi connectivity index (χ1n) is 7.63. The van der Waals surface area contributed by atoms with Gasteiger partial charge in [0, 0.05) is 44.8 Å². The minimum atomic E-state index is 0.0940. The molecule has 0 aliphatic carbocycles. The lowest BCUT2D eigenvalue weighted by molar-refractivity contribution is -0.133. The third kappa shape index (κ3) is 3.27. The van der Waals surface area contributed by atoms with Gasteiger partial charge in [-0.25, -0.2) is 4.98 Å². The minimum Gasteiger partial charge on any atom is -0.355 e. The first kappa shape index (κ1) is 14.6. The highest BCUT2D eigenvalue weighted by molar-refractivity contribution is 5.76. The van der Waals surface area contributed by atoms with E-state index in [1.54, 1.807) is 10.9 Å². The highest BCUT2D eigenvalue weighted by Crippen LogP contribution is 2.20. The van der Waals surface area contributed by atoms with E-state index < -0.39 is 0 Å². The highest BCUT2D eigenvalue weighted by Gasteiger charge is 2.26. The van der Waals surface area contributed by atoms with E-state index in [1.165, 1.54) is 0 Å². The number of likely N-dealkylation sites (N-methyl/N-ethyl adjacent to an activating group) is 1. The second-order valence-corrected chi connectivity index (χ2v) is 5.64. The molecule has 0 unspecified atom stereocenters. The van der Waals surface area contributed by atoms with E-state index in [2.05, 4.69) is 15.0 Å². The van der Waals surface area contributed by atoms with Crippen LogP contribution in [-0.4, -0.2) is 51.8 Å². The molecule has 1 atom stereocenters. The van der Waals surface area contributed by atoms with Crippen molar-refractivity contribution in [1.29, 1.82) is 0 Å². The van der Waals surface area contributed by atoms with Crippen molar-refractivity contribution in [3.05, 3.63) is 42.9 Å². The molecule has 0 N–H and O–H groups in total. The van der Waals surface area contributed by atoms with Gasteiger partial charge in [0.2, 0.25) is 5.91 Å². The summed E-state index contributed by atoms with van der Waals surface area (Å²) in [6.07, 6.45) is 7.42. The van der Waals surface area contributed by atoms with Crippen molar-refractivity contribution >= 4 is 11.7 Å². The Labute approximate surface area is 130 Å². The van der Waals surface area contributed by atoms with Gasteiger partial charge < -0.3 is 9.80 Å². The van der Waals surface area contributed by atoms with Gasteiger partial charge in [-0.15, -0.1) is 0 Å². The number of nitrogens with zero attached hydrogens (tertiary/aromatic N) is 5. The summed E-state index contributed by atoms with van der Waals surface area (Å²) < 4.78 is 1.66. The summed E-state index contributed by atoms with van der Waals surface area (Å²) in [6, 6.07) is 7.99. The van der Waals surface area contributed by atoms with Gasteiger partial charge in [0.1, 0.15) is 12.4 Å². The molecular formula is C16H21N5O. The van der Waals surface area contributed by atoms with Crippen molar-refractivity contribution in [1.82, 2.24) is 19.7 Å². The molecule has 3 heterocycles. The maximum absolute atomic E-state index is 12.4. The molecule has 0 spiro atoms. The molecule has 0 bridgehead atoms. The molecule has 1 saturated heterocycles. The Balaban J connectivity index is 1.62. The van der Waals surface area contributed by atoms with Crippen molar-refractivity contribution in [3.8, 4) is 0 Å². The monoisotopic (exact) mass is 299 g/mol. The number of pyridine rings is 1. The maximum Gasteiger partial charge on any atom is 0.244 e. The number of rotatable bonds is 4. The van der Waals surface area contributed by atoms with Gasteiger partial charge in [-0.3, -0.25) is 9.48 Å². The Hall–Kier alpha value is -2.37. The van der Waals surface area contributed by atoms with Gasteiger partial charge >= 0.3 is 0 Å². The fourth-order valence-corrected chi connectivity index (χ4v) is 2.87. The standard InChI is InChI=1S/C16H21N5O/c1-19(16(22)13-21-11-5-9-18-21)14-6-4-10-20(12-14)15-7-2-3-8-17-15/h2-3,5,7-9,11,14H,4,6,10,12-13H2,1H3/t14-/m0/s1. The number of carbonyl (C=O) groups is 1. The minimum absolute atomic E-state index is 0.0940. The molecule has 22 heavy (non-hydrogen) atoms. The molecule has 1 amide bonds. The average Bonchev–Trinajstić information content (AvgIpc) is 3.08. The molecular weight excluding hydrogens is 278 g/mol. The van der Waals surface area contributed by atoms with Gasteiger partial charge in [0.25, 0.3) is 0 Å². The van der Waals surface area contributed by atoms with Crippen LogP contribution < -0.4 is 4.90 Å². The second kappa shape index (κ2) is 6.60. The van der Waals surface area contributed by atoms with Crippen LogP contribution in [0.15, 0.2) is 42.9 Å². The maximum atomic E-state index is 12.4. The topological polar surface area (TPSA) is 54.3 Å². The zero-order chi connectivity index (χ0) is 15.4.